The molecule has 0 bridgehead atoms. The van der Waals surface area contributed by atoms with E-state index in [1.165, 1.54) is 12.1 Å². The van der Waals surface area contributed by atoms with Crippen molar-refractivity contribution in [3.05, 3.63) is 65.7 Å². The Kier molecular flexibility index (Phi) is 36.0. The van der Waals surface area contributed by atoms with Crippen LogP contribution in [0.3, 0.4) is 0 Å². The number of carbonyl (C=O) groups is 10. The third-order valence-electron chi connectivity index (χ3n) is 14.3. The van der Waals surface area contributed by atoms with Crippen molar-refractivity contribution in [2.24, 2.45) is 69.4 Å². The summed E-state index contributed by atoms with van der Waals surface area (Å²) in [5, 5.41) is 34.1. The van der Waals surface area contributed by atoms with Crippen LogP contribution in [0.5, 0.6) is 5.75 Å². The standard InChI is InChI=1S/C60H100N22O11/c1-33(2)28-40(61)49(86)79-44(30-37-20-22-39(84)23-21-37)53(90)78-42(18-12-26-72-59(66)67)51(88)76-41(17-11-25-71-58(64)65)50(87)77-43(19-13-27-73-60(68)69)52(89)80-45(29-36-14-8-7-9-15-36)54(91)81-48(35(5)6)56(93)82-47(34(3)4)55(92)74-31-46(85)75-38(32-83)16-10-24-70-57(62)63/h7-9,14-15,20-23,32-35,38,40-45,47-48,84H,10-13,16-19,24-31,61H2,1-6H3,(H,74,92)(H,75,85)(H,76,88)(H,77,87)(H,78,90)(H,79,86)(H,80,89)(H,81,91)(H,82,93)(H4,62,63,70)(H4,64,65,71)(H4,66,67,72)(H4,68,69,73)/p+4/t38-,40-,41-,42-,43-,44-,45-,47-,48-/m0/s1. The number of guanidine groups is 4. The molecule has 0 aliphatic heterocycles. The lowest BCUT2D eigenvalue weighted by Crippen LogP contribution is -2.78. The fourth-order valence-electron chi connectivity index (χ4n) is 9.37. The van der Waals surface area contributed by atoms with Crippen LogP contribution in [0.2, 0.25) is 0 Å². The summed E-state index contributed by atoms with van der Waals surface area (Å²) in [5.74, 6) is -8.46. The molecule has 0 heterocycles. The lowest BCUT2D eigenvalue weighted by atomic mass is 9.98. The van der Waals surface area contributed by atoms with Crippen LogP contribution in [0.25, 0.3) is 0 Å². The highest BCUT2D eigenvalue weighted by Gasteiger charge is 2.36. The van der Waals surface area contributed by atoms with Crippen LogP contribution in [0.4, 0.5) is 0 Å². The van der Waals surface area contributed by atoms with Crippen molar-refractivity contribution in [1.82, 2.24) is 47.9 Å². The molecule has 9 amide bonds. The fourth-order valence-corrected chi connectivity index (χ4v) is 9.37. The number of hydrogen-bond donors (Lipinski definition) is 23. The molecule has 2 aromatic carbocycles. The highest BCUT2D eigenvalue weighted by molar-refractivity contribution is 5.98. The van der Waals surface area contributed by atoms with Crippen molar-refractivity contribution in [2.45, 2.75) is 167 Å². The zero-order valence-electron chi connectivity index (χ0n) is 54.2. The first kappa shape index (κ1) is 79.3. The van der Waals surface area contributed by atoms with E-state index in [9.17, 15) is 53.1 Å². The smallest absolute Gasteiger partial charge is 0.338 e. The number of aromatic hydroxyl groups is 1. The molecule has 9 atom stereocenters. The van der Waals surface area contributed by atoms with Gasteiger partial charge in [0.25, 0.3) is 0 Å². The Bertz CT molecular complexity index is 2860. The van der Waals surface area contributed by atoms with E-state index < -0.39 is 126 Å². The van der Waals surface area contributed by atoms with Crippen molar-refractivity contribution in [3.8, 4) is 5.75 Å². The molecule has 33 nitrogen and oxygen atoms in total. The summed E-state index contributed by atoms with van der Waals surface area (Å²) in [4.78, 5) is 150. The topological polar surface area (TPSA) is 589 Å². The molecular formula is C60H104N22O11+4. The molecule has 32 N–H and O–H groups in total. The molecule has 516 valence electrons. The molecule has 0 aliphatic carbocycles. The van der Waals surface area contributed by atoms with Gasteiger partial charge in [0.15, 0.2) is 0 Å². The second-order valence-corrected chi connectivity index (χ2v) is 23.7. The molecule has 93 heavy (non-hydrogen) atoms. The third kappa shape index (κ3) is 32.7. The van der Waals surface area contributed by atoms with Gasteiger partial charge < -0.3 is 63.5 Å². The number of aldehydes is 1. The highest BCUT2D eigenvalue weighted by Crippen LogP contribution is 2.15. The maximum Gasteiger partial charge on any atom is 0.338 e. The molecule has 0 aromatic heterocycles. The van der Waals surface area contributed by atoms with Crippen LogP contribution >= 0.6 is 0 Å². The SMILES string of the molecule is CC(C)C[C@H](N)C(=O)N[C@@H](Cc1ccc(O)cc1)C(=O)N[C@@H](CCC[NH+]=C(N)N)C(=O)N[C@@H](CCC[NH+]=C(N)N)C(=O)N[C@@H](CCC[NH+]=C(N)N)C(=O)N[C@@H](Cc1ccccc1)C(=O)N[C@H](C(=O)N[C@H](C(=O)NCC(=O)N[C@H](C=O)CCC[NH+]=C(N)N)C(C)C)C(C)C. The molecule has 0 fully saturated rings. The lowest BCUT2D eigenvalue weighted by Gasteiger charge is -2.29. The Morgan fingerprint density at radius 3 is 1.19 bits per heavy atom. The second kappa shape index (κ2) is 42.3. The number of benzene rings is 2. The van der Waals surface area contributed by atoms with Gasteiger partial charge in [-0.1, -0.05) is 84.0 Å². The molecule has 0 aliphatic rings. The van der Waals surface area contributed by atoms with E-state index >= 15 is 0 Å². The molecule has 0 unspecified atom stereocenters. The minimum atomic E-state index is -1.43. The Hall–Kier alpha value is -9.82. The highest BCUT2D eigenvalue weighted by atomic mass is 16.3. The molecule has 0 spiro atoms. The second-order valence-electron chi connectivity index (χ2n) is 23.7. The fraction of sp³-hybridized carbons (Fsp3) is 0.567. The van der Waals surface area contributed by atoms with Crippen LogP contribution < -0.4 is 119 Å². The maximum absolute atomic E-state index is 14.8. The van der Waals surface area contributed by atoms with Crippen molar-refractivity contribution in [2.75, 3.05) is 32.7 Å². The van der Waals surface area contributed by atoms with Crippen LogP contribution in [-0.4, -0.2) is 175 Å². The van der Waals surface area contributed by atoms with Crippen LogP contribution in [-0.2, 0) is 60.8 Å². The summed E-state index contributed by atoms with van der Waals surface area (Å²) in [6, 6.07) is 3.26. The van der Waals surface area contributed by atoms with Gasteiger partial charge in [-0.2, -0.15) is 0 Å². The Morgan fingerprint density at radius 2 is 0.796 bits per heavy atom. The minimum Gasteiger partial charge on any atom is -0.508 e. The van der Waals surface area contributed by atoms with Gasteiger partial charge in [0.1, 0.15) is 54.3 Å². The van der Waals surface area contributed by atoms with E-state index in [2.05, 4.69) is 67.8 Å². The molecule has 2 rings (SSSR count). The minimum absolute atomic E-state index is 0.00357. The monoisotopic (exact) mass is 1310 g/mol. The third-order valence-corrected chi connectivity index (χ3v) is 14.3. The Morgan fingerprint density at radius 1 is 0.441 bits per heavy atom. The van der Waals surface area contributed by atoms with Crippen molar-refractivity contribution >= 4 is 83.3 Å². The molecule has 0 saturated carbocycles. The average molecular weight is 1310 g/mol. The van der Waals surface area contributed by atoms with Crippen molar-refractivity contribution < 1.29 is 73.0 Å². The molecule has 33 heteroatoms. The quantitative estimate of drug-likeness (QED) is 0.0127. The van der Waals surface area contributed by atoms with Crippen LogP contribution in [0, 0.1) is 17.8 Å². The summed E-state index contributed by atoms with van der Waals surface area (Å²) in [6.07, 6.45) is 1.58. The van der Waals surface area contributed by atoms with E-state index in [0.29, 0.717) is 36.8 Å². The zero-order valence-corrected chi connectivity index (χ0v) is 54.2. The number of carbonyl (C=O) groups excluding carboxylic acids is 10. The maximum atomic E-state index is 14.8. The van der Waals surface area contributed by atoms with Gasteiger partial charge in [-0.05, 0) is 98.8 Å². The first-order chi connectivity index (χ1) is 43.9. The number of rotatable bonds is 43. The van der Waals surface area contributed by atoms with Gasteiger partial charge >= 0.3 is 23.8 Å². The van der Waals surface area contributed by atoms with Gasteiger partial charge in [-0.15, -0.1) is 0 Å². The largest absolute Gasteiger partial charge is 0.508 e. The molecule has 0 radical (unpaired) electrons. The lowest BCUT2D eigenvalue weighted by molar-refractivity contribution is -0.460. The van der Waals surface area contributed by atoms with Gasteiger partial charge in [0.2, 0.25) is 53.2 Å². The number of phenolic OH excluding ortho intramolecular Hbond substituents is 1. The van der Waals surface area contributed by atoms with E-state index in [-0.39, 0.29) is 113 Å². The molecule has 2 aromatic rings. The summed E-state index contributed by atoms with van der Waals surface area (Å²) in [5.41, 5.74) is 52.1. The number of nitrogens with two attached hydrogens (primary N) is 9. The van der Waals surface area contributed by atoms with Gasteiger partial charge in [0, 0.05) is 12.8 Å². The summed E-state index contributed by atoms with van der Waals surface area (Å²) in [7, 11) is 0. The van der Waals surface area contributed by atoms with E-state index in [4.69, 9.17) is 51.6 Å². The van der Waals surface area contributed by atoms with Gasteiger partial charge in [-0.25, -0.2) is 0 Å². The normalized spacial score (nSPS) is 13.9. The van der Waals surface area contributed by atoms with E-state index in [0.717, 1.165) is 0 Å². The average Bonchev–Trinajstić information content (AvgIpc) is 0.993. The predicted molar refractivity (Wildman–Crippen MR) is 347 cm³/mol. The predicted octanol–water partition coefficient (Wildman–Crippen LogP) is -12.4. The van der Waals surface area contributed by atoms with E-state index in [1.54, 1.807) is 70.2 Å². The van der Waals surface area contributed by atoms with Gasteiger partial charge in [-0.3, -0.25) is 109 Å². The number of phenols is 1. The van der Waals surface area contributed by atoms with Crippen molar-refractivity contribution in [3.63, 3.8) is 0 Å². The first-order valence-corrected chi connectivity index (χ1v) is 31.1. The number of hydrogen-bond acceptors (Lipinski definition) is 12. The number of amides is 9. The molecular weight excluding hydrogens is 1200 g/mol. The summed E-state index contributed by atoms with van der Waals surface area (Å²) < 4.78 is 0. The van der Waals surface area contributed by atoms with Crippen LogP contribution in [0.15, 0.2) is 54.6 Å². The van der Waals surface area contributed by atoms with Crippen LogP contribution in [0.1, 0.15) is 110 Å². The van der Waals surface area contributed by atoms with Crippen molar-refractivity contribution in [1.29, 1.82) is 0 Å². The number of nitrogens with one attached hydrogen (secondary N) is 13. The Balaban J connectivity index is 2.58. The van der Waals surface area contributed by atoms with E-state index in [1.807, 2.05) is 13.8 Å². The summed E-state index contributed by atoms with van der Waals surface area (Å²) >= 11 is 0. The summed E-state index contributed by atoms with van der Waals surface area (Å²) in [6.45, 7) is 10.6. The Labute approximate surface area is 542 Å². The molecule has 0 saturated heterocycles. The first-order valence-electron chi connectivity index (χ1n) is 31.1. The zero-order chi connectivity index (χ0) is 69.7. The van der Waals surface area contributed by atoms with Gasteiger partial charge in [0.05, 0.1) is 44.8 Å².